The molecule has 0 fully saturated rings. The van der Waals surface area contributed by atoms with Crippen molar-refractivity contribution in [3.05, 3.63) is 95.8 Å². The predicted octanol–water partition coefficient (Wildman–Crippen LogP) is 4.50. The third-order valence-corrected chi connectivity index (χ3v) is 6.03. The molecule has 0 bridgehead atoms. The van der Waals surface area contributed by atoms with Crippen LogP contribution in [0.15, 0.2) is 79.1 Å². The van der Waals surface area contributed by atoms with Crippen LogP contribution >= 0.6 is 0 Å². The third kappa shape index (κ3) is 4.52. The van der Waals surface area contributed by atoms with Crippen LogP contribution in [0.1, 0.15) is 29.8 Å². The van der Waals surface area contributed by atoms with Crippen LogP contribution in [0.25, 0.3) is 0 Å². The standard InChI is InChI=1S/C21H21FN2O2S/c1-2-27(25,26)24(16-17-8-7-13-23-15-17)20-12-6-11-19(14-20)21(22)18-9-4-3-5-10-18/h3-15,21H,2,16H2,1H3. The van der Waals surface area contributed by atoms with Crippen LogP contribution in [-0.2, 0) is 16.6 Å². The maximum atomic E-state index is 14.9. The molecule has 0 aliphatic heterocycles. The minimum absolute atomic E-state index is 0.0464. The molecule has 2 aromatic carbocycles. The van der Waals surface area contributed by atoms with Crippen molar-refractivity contribution in [2.45, 2.75) is 19.6 Å². The summed E-state index contributed by atoms with van der Waals surface area (Å²) < 4.78 is 41.6. The fourth-order valence-corrected chi connectivity index (χ4v) is 3.91. The van der Waals surface area contributed by atoms with Crippen molar-refractivity contribution in [2.75, 3.05) is 10.1 Å². The molecule has 0 N–H and O–H groups in total. The summed E-state index contributed by atoms with van der Waals surface area (Å²) in [6, 6.07) is 19.0. The van der Waals surface area contributed by atoms with Gasteiger partial charge >= 0.3 is 0 Å². The topological polar surface area (TPSA) is 50.3 Å². The van der Waals surface area contributed by atoms with Gasteiger partial charge in [-0.15, -0.1) is 0 Å². The highest BCUT2D eigenvalue weighted by Gasteiger charge is 2.22. The number of alkyl halides is 1. The summed E-state index contributed by atoms with van der Waals surface area (Å²) >= 11 is 0. The Balaban J connectivity index is 1.98. The van der Waals surface area contributed by atoms with E-state index in [0.717, 1.165) is 5.56 Å². The summed E-state index contributed by atoms with van der Waals surface area (Å²) in [7, 11) is -3.54. The number of aromatic nitrogens is 1. The summed E-state index contributed by atoms with van der Waals surface area (Å²) in [5.74, 6) is -0.0464. The van der Waals surface area contributed by atoms with Gasteiger partial charge in [0.15, 0.2) is 6.17 Å². The second-order valence-electron chi connectivity index (χ2n) is 6.14. The van der Waals surface area contributed by atoms with E-state index < -0.39 is 16.2 Å². The van der Waals surface area contributed by atoms with Crippen LogP contribution in [0.4, 0.5) is 10.1 Å². The first-order valence-corrected chi connectivity index (χ1v) is 10.3. The Morgan fingerprint density at radius 2 is 1.74 bits per heavy atom. The minimum atomic E-state index is -3.54. The normalized spacial score (nSPS) is 12.5. The number of hydrogen-bond acceptors (Lipinski definition) is 3. The van der Waals surface area contributed by atoms with Gasteiger partial charge in [-0.3, -0.25) is 9.29 Å². The van der Waals surface area contributed by atoms with Crippen molar-refractivity contribution in [1.29, 1.82) is 0 Å². The van der Waals surface area contributed by atoms with E-state index in [0.29, 0.717) is 16.8 Å². The van der Waals surface area contributed by atoms with Crippen molar-refractivity contribution in [3.63, 3.8) is 0 Å². The Hall–Kier alpha value is -2.73. The zero-order valence-electron chi connectivity index (χ0n) is 15.0. The molecular formula is C21H21FN2O2S. The summed E-state index contributed by atoms with van der Waals surface area (Å²) in [5, 5.41) is 0. The summed E-state index contributed by atoms with van der Waals surface area (Å²) in [6.45, 7) is 1.74. The van der Waals surface area contributed by atoms with E-state index in [4.69, 9.17) is 0 Å². The molecule has 1 heterocycles. The molecule has 0 aliphatic rings. The predicted molar refractivity (Wildman–Crippen MR) is 106 cm³/mol. The molecule has 0 aliphatic carbocycles. The van der Waals surface area contributed by atoms with Gasteiger partial charge in [0, 0.05) is 12.4 Å². The molecule has 6 heteroatoms. The monoisotopic (exact) mass is 384 g/mol. The summed E-state index contributed by atoms with van der Waals surface area (Å²) in [6.07, 6.45) is 1.94. The van der Waals surface area contributed by atoms with Gasteiger partial charge < -0.3 is 0 Å². The summed E-state index contributed by atoms with van der Waals surface area (Å²) in [5.41, 5.74) is 2.16. The van der Waals surface area contributed by atoms with Gasteiger partial charge in [-0.2, -0.15) is 0 Å². The van der Waals surface area contributed by atoms with E-state index in [2.05, 4.69) is 4.98 Å². The number of benzene rings is 2. The second-order valence-corrected chi connectivity index (χ2v) is 8.32. The number of pyridine rings is 1. The number of anilines is 1. The largest absolute Gasteiger partial charge is 0.266 e. The van der Waals surface area contributed by atoms with Crippen LogP contribution < -0.4 is 4.31 Å². The number of sulfonamides is 1. The van der Waals surface area contributed by atoms with Gasteiger partial charge in [0.05, 0.1) is 18.0 Å². The first-order valence-electron chi connectivity index (χ1n) is 8.69. The first-order chi connectivity index (χ1) is 13.0. The Kier molecular flexibility index (Phi) is 5.86. The number of nitrogens with zero attached hydrogens (tertiary/aromatic N) is 2. The lowest BCUT2D eigenvalue weighted by Gasteiger charge is -2.24. The van der Waals surface area contributed by atoms with Crippen LogP contribution in [-0.4, -0.2) is 19.2 Å². The fraction of sp³-hybridized carbons (Fsp3) is 0.190. The van der Waals surface area contributed by atoms with Gasteiger partial charge in [-0.25, -0.2) is 12.8 Å². The smallest absolute Gasteiger partial charge is 0.235 e. The first kappa shape index (κ1) is 19.0. The van der Waals surface area contributed by atoms with E-state index in [9.17, 15) is 12.8 Å². The molecule has 0 radical (unpaired) electrons. The van der Waals surface area contributed by atoms with Gasteiger partial charge in [-0.1, -0.05) is 48.5 Å². The van der Waals surface area contributed by atoms with Gasteiger partial charge in [0.2, 0.25) is 10.0 Å². The lowest BCUT2D eigenvalue weighted by atomic mass is 10.0. The quantitative estimate of drug-likeness (QED) is 0.603. The highest BCUT2D eigenvalue weighted by Crippen LogP contribution is 2.30. The molecule has 1 aromatic heterocycles. The van der Waals surface area contributed by atoms with E-state index in [1.807, 2.05) is 12.1 Å². The zero-order chi connectivity index (χ0) is 19.3. The molecule has 0 spiro atoms. The lowest BCUT2D eigenvalue weighted by Crippen LogP contribution is -2.32. The van der Waals surface area contributed by atoms with Crippen LogP contribution in [0, 0.1) is 0 Å². The number of hydrogen-bond donors (Lipinski definition) is 0. The molecule has 0 saturated carbocycles. The van der Waals surface area contributed by atoms with Crippen molar-refractivity contribution >= 4 is 15.7 Å². The number of rotatable bonds is 7. The Morgan fingerprint density at radius 1 is 1.00 bits per heavy atom. The molecule has 1 unspecified atom stereocenters. The van der Waals surface area contributed by atoms with Crippen molar-refractivity contribution in [2.24, 2.45) is 0 Å². The maximum Gasteiger partial charge on any atom is 0.235 e. The number of halogens is 1. The van der Waals surface area contributed by atoms with Crippen molar-refractivity contribution in [1.82, 2.24) is 4.98 Å². The van der Waals surface area contributed by atoms with Crippen molar-refractivity contribution in [3.8, 4) is 0 Å². The van der Waals surface area contributed by atoms with E-state index in [-0.39, 0.29) is 12.3 Å². The minimum Gasteiger partial charge on any atom is -0.266 e. The average Bonchev–Trinajstić information content (AvgIpc) is 2.73. The molecule has 0 amide bonds. The molecule has 1 atom stereocenters. The second kappa shape index (κ2) is 8.31. The average molecular weight is 384 g/mol. The van der Waals surface area contributed by atoms with Gasteiger partial charge in [0.25, 0.3) is 0 Å². The Bertz CT molecular complexity index is 979. The van der Waals surface area contributed by atoms with Crippen molar-refractivity contribution < 1.29 is 12.8 Å². The molecule has 0 saturated heterocycles. The third-order valence-electron chi connectivity index (χ3n) is 4.29. The molecule has 140 valence electrons. The zero-order valence-corrected chi connectivity index (χ0v) is 15.8. The highest BCUT2D eigenvalue weighted by molar-refractivity contribution is 7.92. The Morgan fingerprint density at radius 3 is 2.41 bits per heavy atom. The lowest BCUT2D eigenvalue weighted by molar-refractivity contribution is 0.402. The van der Waals surface area contributed by atoms with E-state index >= 15 is 0 Å². The fourth-order valence-electron chi connectivity index (χ4n) is 2.82. The van der Waals surface area contributed by atoms with Crippen LogP contribution in [0.3, 0.4) is 0 Å². The molecular weight excluding hydrogens is 363 g/mol. The van der Waals surface area contributed by atoms with Gasteiger partial charge in [-0.05, 0) is 41.8 Å². The van der Waals surface area contributed by atoms with Crippen LogP contribution in [0.2, 0.25) is 0 Å². The molecule has 3 rings (SSSR count). The van der Waals surface area contributed by atoms with E-state index in [1.165, 1.54) is 4.31 Å². The van der Waals surface area contributed by atoms with Crippen LogP contribution in [0.5, 0.6) is 0 Å². The summed E-state index contributed by atoms with van der Waals surface area (Å²) in [4.78, 5) is 4.04. The van der Waals surface area contributed by atoms with E-state index in [1.54, 1.807) is 73.9 Å². The molecule has 3 aromatic rings. The highest BCUT2D eigenvalue weighted by atomic mass is 32.2. The Labute approximate surface area is 159 Å². The molecule has 27 heavy (non-hydrogen) atoms. The maximum absolute atomic E-state index is 14.9. The SMILES string of the molecule is CCS(=O)(=O)N(Cc1cccnc1)c1cccc(C(F)c2ccccc2)c1. The van der Waals surface area contributed by atoms with Gasteiger partial charge in [0.1, 0.15) is 0 Å². The molecule has 4 nitrogen and oxygen atoms in total.